The van der Waals surface area contributed by atoms with Crippen LogP contribution in [-0.2, 0) is 10.8 Å². The second-order valence-corrected chi connectivity index (χ2v) is 13.4. The highest BCUT2D eigenvalue weighted by molar-refractivity contribution is 5.86. The standard InChI is InChI=1S/C31H40O4/c1-30(2,3)22-12-20(14-24(32)28(22)34)27(21-13-23(31(4,5)6)29(35)25(33)15-21)26-18-8-16-7-17(10-18)11-19(26)9-16/h12-19,32-35H,7-11H2,1-6H3. The van der Waals surface area contributed by atoms with Crippen LogP contribution in [0.3, 0.4) is 0 Å². The van der Waals surface area contributed by atoms with Crippen molar-refractivity contribution >= 4 is 5.57 Å². The third-order valence-electron chi connectivity index (χ3n) is 8.68. The summed E-state index contributed by atoms with van der Waals surface area (Å²) in [5.74, 6) is 2.24. The molecule has 4 aliphatic rings. The van der Waals surface area contributed by atoms with Gasteiger partial charge in [-0.05, 0) is 108 Å². The van der Waals surface area contributed by atoms with Gasteiger partial charge in [-0.2, -0.15) is 0 Å². The maximum atomic E-state index is 10.8. The van der Waals surface area contributed by atoms with Gasteiger partial charge in [0.05, 0.1) is 0 Å². The molecule has 4 heteroatoms. The van der Waals surface area contributed by atoms with Gasteiger partial charge in [0, 0.05) is 11.1 Å². The molecular formula is C31H40O4. The molecule has 4 aliphatic carbocycles. The molecule has 4 nitrogen and oxygen atoms in total. The third-order valence-corrected chi connectivity index (χ3v) is 8.68. The van der Waals surface area contributed by atoms with Crippen LogP contribution < -0.4 is 0 Å². The van der Waals surface area contributed by atoms with Gasteiger partial charge >= 0.3 is 0 Å². The number of aromatic hydroxyl groups is 4. The number of hydrogen-bond donors (Lipinski definition) is 4. The maximum Gasteiger partial charge on any atom is 0.161 e. The van der Waals surface area contributed by atoms with Gasteiger partial charge in [-0.3, -0.25) is 0 Å². The topological polar surface area (TPSA) is 80.9 Å². The minimum atomic E-state index is -0.356. The summed E-state index contributed by atoms with van der Waals surface area (Å²) in [5, 5.41) is 43.1. The molecule has 0 unspecified atom stereocenters. The van der Waals surface area contributed by atoms with Crippen LogP contribution in [0, 0.1) is 23.7 Å². The zero-order valence-electron chi connectivity index (χ0n) is 21.9. The van der Waals surface area contributed by atoms with E-state index in [-0.39, 0.29) is 33.8 Å². The number of phenols is 4. The molecule has 4 saturated carbocycles. The fraction of sp³-hybridized carbons (Fsp3) is 0.548. The Hall–Kier alpha value is -2.62. The van der Waals surface area contributed by atoms with E-state index in [4.69, 9.17) is 0 Å². The summed E-state index contributed by atoms with van der Waals surface area (Å²) in [4.78, 5) is 0. The van der Waals surface area contributed by atoms with Crippen LogP contribution in [0.1, 0.15) is 95.9 Å². The van der Waals surface area contributed by atoms with Crippen LogP contribution in [0.2, 0.25) is 0 Å². The Labute approximate surface area is 209 Å². The summed E-state index contributed by atoms with van der Waals surface area (Å²) in [6.07, 6.45) is 6.19. The van der Waals surface area contributed by atoms with Crippen molar-refractivity contribution < 1.29 is 20.4 Å². The number of rotatable bonds is 2. The summed E-state index contributed by atoms with van der Waals surface area (Å²) in [7, 11) is 0. The van der Waals surface area contributed by atoms with Crippen LogP contribution in [0.5, 0.6) is 23.0 Å². The summed E-state index contributed by atoms with van der Waals surface area (Å²) < 4.78 is 0. The lowest BCUT2D eigenvalue weighted by molar-refractivity contribution is 0.0705. The van der Waals surface area contributed by atoms with Crippen LogP contribution in [0.4, 0.5) is 0 Å². The molecule has 4 bridgehead atoms. The van der Waals surface area contributed by atoms with Gasteiger partial charge < -0.3 is 20.4 Å². The zero-order valence-corrected chi connectivity index (χ0v) is 21.9. The Morgan fingerprint density at radius 2 is 0.971 bits per heavy atom. The molecule has 0 atom stereocenters. The molecule has 0 aromatic heterocycles. The van der Waals surface area contributed by atoms with Gasteiger partial charge in [0.1, 0.15) is 0 Å². The van der Waals surface area contributed by atoms with Crippen molar-refractivity contribution in [3.63, 3.8) is 0 Å². The van der Waals surface area contributed by atoms with Crippen molar-refractivity contribution in [2.24, 2.45) is 23.7 Å². The minimum Gasteiger partial charge on any atom is -0.504 e. The zero-order chi connectivity index (χ0) is 25.4. The van der Waals surface area contributed by atoms with Crippen molar-refractivity contribution in [3.05, 3.63) is 52.1 Å². The molecular weight excluding hydrogens is 436 g/mol. The third kappa shape index (κ3) is 4.09. The van der Waals surface area contributed by atoms with E-state index in [0.717, 1.165) is 28.5 Å². The van der Waals surface area contributed by atoms with E-state index in [2.05, 4.69) is 0 Å². The minimum absolute atomic E-state index is 0.0698. The number of phenolic OH excluding ortho intramolecular Hbond substituents is 4. The average molecular weight is 477 g/mol. The molecule has 0 saturated heterocycles. The Bertz CT molecular complexity index is 1100. The van der Waals surface area contributed by atoms with Crippen LogP contribution in [0.15, 0.2) is 29.8 Å². The maximum absolute atomic E-state index is 10.8. The fourth-order valence-corrected chi connectivity index (χ4v) is 7.27. The van der Waals surface area contributed by atoms with Crippen molar-refractivity contribution in [1.82, 2.24) is 0 Å². The van der Waals surface area contributed by atoms with E-state index in [1.54, 1.807) is 12.1 Å². The van der Waals surface area contributed by atoms with Crippen LogP contribution >= 0.6 is 0 Å². The second kappa shape index (κ2) is 7.94. The highest BCUT2D eigenvalue weighted by Crippen LogP contribution is 2.59. The van der Waals surface area contributed by atoms with Crippen molar-refractivity contribution in [1.29, 1.82) is 0 Å². The molecule has 4 N–H and O–H groups in total. The molecule has 0 heterocycles. The summed E-state index contributed by atoms with van der Waals surface area (Å²) in [5.41, 5.74) is 4.93. The Morgan fingerprint density at radius 3 is 1.31 bits per heavy atom. The van der Waals surface area contributed by atoms with Crippen molar-refractivity contribution in [2.75, 3.05) is 0 Å². The van der Waals surface area contributed by atoms with E-state index in [9.17, 15) is 20.4 Å². The molecule has 6 rings (SSSR count). The first-order valence-corrected chi connectivity index (χ1v) is 13.1. The Morgan fingerprint density at radius 1 is 0.600 bits per heavy atom. The lowest BCUT2D eigenvalue weighted by Gasteiger charge is -2.52. The largest absolute Gasteiger partial charge is 0.504 e. The first-order valence-electron chi connectivity index (χ1n) is 13.1. The molecule has 4 fully saturated rings. The Balaban J connectivity index is 1.81. The van der Waals surface area contributed by atoms with E-state index in [1.807, 2.05) is 53.7 Å². The highest BCUT2D eigenvalue weighted by Gasteiger charge is 2.46. The van der Waals surface area contributed by atoms with Gasteiger partial charge in [-0.15, -0.1) is 0 Å². The smallest absolute Gasteiger partial charge is 0.161 e. The molecule has 0 aliphatic heterocycles. The van der Waals surface area contributed by atoms with E-state index < -0.39 is 0 Å². The predicted molar refractivity (Wildman–Crippen MR) is 140 cm³/mol. The first kappa shape index (κ1) is 24.1. The molecule has 0 spiro atoms. The first-order chi connectivity index (χ1) is 16.2. The molecule has 188 valence electrons. The predicted octanol–water partition coefficient (Wildman–Crippen LogP) is 7.36. The summed E-state index contributed by atoms with van der Waals surface area (Å²) >= 11 is 0. The van der Waals surface area contributed by atoms with Gasteiger partial charge in [0.25, 0.3) is 0 Å². The summed E-state index contributed by atoms with van der Waals surface area (Å²) in [6.45, 7) is 12.2. The molecule has 2 aromatic carbocycles. The quantitative estimate of drug-likeness (QED) is 0.341. The lowest BCUT2D eigenvalue weighted by atomic mass is 9.53. The van der Waals surface area contributed by atoms with Crippen LogP contribution in [0.25, 0.3) is 5.57 Å². The average Bonchev–Trinajstić information content (AvgIpc) is 2.72. The monoisotopic (exact) mass is 476 g/mol. The number of hydrogen-bond acceptors (Lipinski definition) is 4. The number of benzene rings is 2. The molecule has 0 amide bonds. The van der Waals surface area contributed by atoms with Crippen molar-refractivity contribution in [3.8, 4) is 23.0 Å². The normalized spacial score (nSPS) is 25.8. The van der Waals surface area contributed by atoms with Gasteiger partial charge in [0.15, 0.2) is 23.0 Å². The van der Waals surface area contributed by atoms with Gasteiger partial charge in [-0.25, -0.2) is 0 Å². The van der Waals surface area contributed by atoms with Gasteiger partial charge in [0.2, 0.25) is 0 Å². The van der Waals surface area contributed by atoms with Crippen LogP contribution in [-0.4, -0.2) is 20.4 Å². The molecule has 0 radical (unpaired) electrons. The van der Waals surface area contributed by atoms with Crippen molar-refractivity contribution in [2.45, 2.75) is 84.5 Å². The fourth-order valence-electron chi connectivity index (χ4n) is 7.27. The Kier molecular flexibility index (Phi) is 5.47. The van der Waals surface area contributed by atoms with E-state index in [1.165, 1.54) is 37.7 Å². The summed E-state index contributed by atoms with van der Waals surface area (Å²) in [6, 6.07) is 7.39. The van der Waals surface area contributed by atoms with E-state index in [0.29, 0.717) is 23.0 Å². The van der Waals surface area contributed by atoms with Gasteiger partial charge in [-0.1, -0.05) is 47.1 Å². The SMILES string of the molecule is CC(C)(C)c1cc(C(=C2C3CC4CC(C3)CC2C4)c2cc(O)c(O)c(C(C)(C)C)c2)cc(O)c1O. The molecule has 35 heavy (non-hydrogen) atoms. The lowest BCUT2D eigenvalue weighted by Crippen LogP contribution is -2.40. The van der Waals surface area contributed by atoms with E-state index >= 15 is 0 Å². The highest BCUT2D eigenvalue weighted by atomic mass is 16.3. The molecule has 2 aromatic rings. The second-order valence-electron chi connectivity index (χ2n) is 13.4. The number of allylic oxidation sites excluding steroid dienone is 1.